The second-order valence-electron chi connectivity index (χ2n) is 6.07. The number of anilines is 1. The van der Waals surface area contributed by atoms with E-state index in [4.69, 9.17) is 9.47 Å². The molecule has 150 valence electrons. The van der Waals surface area contributed by atoms with Crippen LogP contribution in [0, 0.1) is 13.8 Å². The molecule has 1 heterocycles. The number of rotatable bonds is 8. The van der Waals surface area contributed by atoms with E-state index in [1.54, 1.807) is 45.0 Å². The number of carbonyl (C=O) groups excluding carboxylic acids is 3. The third-order valence-electron chi connectivity index (χ3n) is 4.00. The summed E-state index contributed by atoms with van der Waals surface area (Å²) in [4.78, 5) is 39.0. The number of hydrogen-bond acceptors (Lipinski definition) is 5. The molecule has 0 aliphatic heterocycles. The molecule has 1 aromatic carbocycles. The number of ether oxygens (including phenoxy) is 2. The average molecular weight is 387 g/mol. The van der Waals surface area contributed by atoms with Crippen molar-refractivity contribution in [1.82, 2.24) is 10.3 Å². The van der Waals surface area contributed by atoms with E-state index in [1.807, 2.05) is 6.92 Å². The van der Waals surface area contributed by atoms with Crippen LogP contribution in [0.15, 0.2) is 24.3 Å². The molecule has 2 aromatic rings. The predicted octanol–water partition coefficient (Wildman–Crippen LogP) is 2.58. The number of H-pyrrole nitrogens is 1. The molecule has 8 heteroatoms. The van der Waals surface area contributed by atoms with Crippen LogP contribution in [0.1, 0.15) is 46.0 Å². The topological polar surface area (TPSA) is 110 Å². The number of aromatic nitrogens is 1. The zero-order valence-corrected chi connectivity index (χ0v) is 16.5. The molecular weight excluding hydrogens is 362 g/mol. The van der Waals surface area contributed by atoms with Gasteiger partial charge < -0.3 is 25.1 Å². The van der Waals surface area contributed by atoms with Gasteiger partial charge in [-0.2, -0.15) is 0 Å². The summed E-state index contributed by atoms with van der Waals surface area (Å²) in [7, 11) is 0. The van der Waals surface area contributed by atoms with Gasteiger partial charge in [0.05, 0.1) is 12.2 Å². The molecule has 8 nitrogen and oxygen atoms in total. The second kappa shape index (κ2) is 9.59. The highest BCUT2D eigenvalue weighted by atomic mass is 16.5. The SMILES string of the molecule is CCNC(=O)COc1ccc(NC(=O)c2[nH]c(C)c(C(=O)OCC)c2C)cc1. The zero-order valence-electron chi connectivity index (χ0n) is 16.5. The molecule has 0 atom stereocenters. The predicted molar refractivity (Wildman–Crippen MR) is 105 cm³/mol. The summed E-state index contributed by atoms with van der Waals surface area (Å²) >= 11 is 0. The Balaban J connectivity index is 2.04. The quantitative estimate of drug-likeness (QED) is 0.603. The van der Waals surface area contributed by atoms with E-state index in [-0.39, 0.29) is 25.0 Å². The molecule has 0 fully saturated rings. The molecule has 0 aliphatic carbocycles. The number of nitrogens with one attached hydrogen (secondary N) is 3. The monoisotopic (exact) mass is 387 g/mol. The Bertz CT molecular complexity index is 855. The highest BCUT2D eigenvalue weighted by Gasteiger charge is 2.22. The van der Waals surface area contributed by atoms with Crippen molar-refractivity contribution < 1.29 is 23.9 Å². The number of aryl methyl sites for hydroxylation is 1. The van der Waals surface area contributed by atoms with E-state index in [1.165, 1.54) is 0 Å². The molecule has 0 saturated heterocycles. The highest BCUT2D eigenvalue weighted by molar-refractivity contribution is 6.06. The maximum Gasteiger partial charge on any atom is 0.340 e. The van der Waals surface area contributed by atoms with Gasteiger partial charge in [0.2, 0.25) is 0 Å². The van der Waals surface area contributed by atoms with Crippen LogP contribution in [0.3, 0.4) is 0 Å². The molecule has 0 bridgehead atoms. The lowest BCUT2D eigenvalue weighted by atomic mass is 10.1. The summed E-state index contributed by atoms with van der Waals surface area (Å²) in [6.07, 6.45) is 0. The van der Waals surface area contributed by atoms with Crippen molar-refractivity contribution in [2.45, 2.75) is 27.7 Å². The van der Waals surface area contributed by atoms with Crippen LogP contribution in [0.25, 0.3) is 0 Å². The summed E-state index contributed by atoms with van der Waals surface area (Å²) < 4.78 is 10.4. The second-order valence-corrected chi connectivity index (χ2v) is 6.07. The van der Waals surface area contributed by atoms with Crippen molar-refractivity contribution in [1.29, 1.82) is 0 Å². The maximum absolute atomic E-state index is 12.6. The van der Waals surface area contributed by atoms with Crippen LogP contribution in [-0.2, 0) is 9.53 Å². The third kappa shape index (κ3) is 5.12. The molecule has 0 radical (unpaired) electrons. The third-order valence-corrected chi connectivity index (χ3v) is 4.00. The fourth-order valence-electron chi connectivity index (χ4n) is 2.71. The lowest BCUT2D eigenvalue weighted by Crippen LogP contribution is -2.28. The molecule has 3 N–H and O–H groups in total. The average Bonchev–Trinajstić information content (AvgIpc) is 2.96. The van der Waals surface area contributed by atoms with Crippen LogP contribution < -0.4 is 15.4 Å². The van der Waals surface area contributed by atoms with E-state index in [0.717, 1.165) is 0 Å². The molecular formula is C20H25N3O5. The van der Waals surface area contributed by atoms with Gasteiger partial charge in [0.25, 0.3) is 11.8 Å². The fraction of sp³-hybridized carbons (Fsp3) is 0.350. The Morgan fingerprint density at radius 1 is 1.07 bits per heavy atom. The summed E-state index contributed by atoms with van der Waals surface area (Å²) in [5.41, 5.74) is 2.35. The number of amides is 2. The Kier molecular flexibility index (Phi) is 7.20. The minimum absolute atomic E-state index is 0.0723. The van der Waals surface area contributed by atoms with Gasteiger partial charge >= 0.3 is 5.97 Å². The van der Waals surface area contributed by atoms with Crippen LogP contribution in [0.2, 0.25) is 0 Å². The summed E-state index contributed by atoms with van der Waals surface area (Å²) in [6, 6.07) is 6.65. The van der Waals surface area contributed by atoms with Crippen molar-refractivity contribution in [3.05, 3.63) is 46.8 Å². The van der Waals surface area contributed by atoms with Gasteiger partial charge in [0.15, 0.2) is 6.61 Å². The first-order chi connectivity index (χ1) is 13.4. The van der Waals surface area contributed by atoms with Gasteiger partial charge in [-0.05, 0) is 57.5 Å². The highest BCUT2D eigenvalue weighted by Crippen LogP contribution is 2.21. The molecule has 2 rings (SSSR count). The lowest BCUT2D eigenvalue weighted by Gasteiger charge is -2.08. The molecule has 0 saturated carbocycles. The zero-order chi connectivity index (χ0) is 20.7. The van der Waals surface area contributed by atoms with Crippen molar-refractivity contribution in [3.8, 4) is 5.75 Å². The number of likely N-dealkylation sites (N-methyl/N-ethyl adjacent to an activating group) is 1. The van der Waals surface area contributed by atoms with Crippen LogP contribution in [-0.4, -0.2) is 42.5 Å². The Hall–Kier alpha value is -3.29. The Morgan fingerprint density at radius 3 is 2.36 bits per heavy atom. The summed E-state index contributed by atoms with van der Waals surface area (Å²) in [5.74, 6) is -0.510. The summed E-state index contributed by atoms with van der Waals surface area (Å²) in [5, 5.41) is 5.41. The van der Waals surface area contributed by atoms with Gasteiger partial charge in [-0.3, -0.25) is 9.59 Å². The number of carbonyl (C=O) groups is 3. The van der Waals surface area contributed by atoms with Gasteiger partial charge in [0, 0.05) is 17.9 Å². The molecule has 0 unspecified atom stereocenters. The van der Waals surface area contributed by atoms with Gasteiger partial charge in [-0.25, -0.2) is 4.79 Å². The smallest absolute Gasteiger partial charge is 0.340 e. The normalized spacial score (nSPS) is 10.3. The number of aromatic amines is 1. The Labute approximate surface area is 163 Å². The minimum atomic E-state index is -0.457. The molecule has 0 aliphatic rings. The lowest BCUT2D eigenvalue weighted by molar-refractivity contribution is -0.122. The minimum Gasteiger partial charge on any atom is -0.484 e. The van der Waals surface area contributed by atoms with Crippen LogP contribution in [0.4, 0.5) is 5.69 Å². The first kappa shape index (κ1) is 21.0. The fourth-order valence-corrected chi connectivity index (χ4v) is 2.71. The first-order valence-electron chi connectivity index (χ1n) is 9.04. The maximum atomic E-state index is 12.6. The molecule has 0 spiro atoms. The first-order valence-corrected chi connectivity index (χ1v) is 9.04. The Morgan fingerprint density at radius 2 is 1.75 bits per heavy atom. The van der Waals surface area contributed by atoms with E-state index in [0.29, 0.717) is 40.5 Å². The van der Waals surface area contributed by atoms with Crippen molar-refractivity contribution in [2.24, 2.45) is 0 Å². The molecule has 2 amide bonds. The van der Waals surface area contributed by atoms with E-state index >= 15 is 0 Å². The van der Waals surface area contributed by atoms with Crippen LogP contribution in [0.5, 0.6) is 5.75 Å². The van der Waals surface area contributed by atoms with Crippen molar-refractivity contribution >= 4 is 23.5 Å². The van der Waals surface area contributed by atoms with Crippen LogP contribution >= 0.6 is 0 Å². The number of benzene rings is 1. The standard InChI is InChI=1S/C20H25N3O5/c1-5-21-16(24)11-28-15-9-7-14(8-10-15)23-19(25)18-12(3)17(13(4)22-18)20(26)27-6-2/h7-10,22H,5-6,11H2,1-4H3,(H,21,24)(H,23,25). The largest absolute Gasteiger partial charge is 0.484 e. The van der Waals surface area contributed by atoms with Crippen molar-refractivity contribution in [3.63, 3.8) is 0 Å². The number of esters is 1. The van der Waals surface area contributed by atoms with Gasteiger partial charge in [0.1, 0.15) is 11.4 Å². The van der Waals surface area contributed by atoms with Gasteiger partial charge in [-0.1, -0.05) is 0 Å². The summed E-state index contributed by atoms with van der Waals surface area (Å²) in [6.45, 7) is 7.71. The van der Waals surface area contributed by atoms with E-state index in [9.17, 15) is 14.4 Å². The van der Waals surface area contributed by atoms with E-state index < -0.39 is 5.97 Å². The molecule has 28 heavy (non-hydrogen) atoms. The molecule has 1 aromatic heterocycles. The van der Waals surface area contributed by atoms with Gasteiger partial charge in [-0.15, -0.1) is 0 Å². The van der Waals surface area contributed by atoms with E-state index in [2.05, 4.69) is 15.6 Å². The number of hydrogen-bond donors (Lipinski definition) is 3. The van der Waals surface area contributed by atoms with Crippen molar-refractivity contribution in [2.75, 3.05) is 25.1 Å².